The Morgan fingerprint density at radius 3 is 2.50 bits per heavy atom. The van der Waals surface area contributed by atoms with Crippen LogP contribution in [0.15, 0.2) is 66.7 Å². The second kappa shape index (κ2) is 8.37. The van der Waals surface area contributed by atoms with E-state index in [1.54, 1.807) is 19.1 Å². The maximum Gasteiger partial charge on any atom is 0.323 e. The summed E-state index contributed by atoms with van der Waals surface area (Å²) in [7, 11) is 2.03. The summed E-state index contributed by atoms with van der Waals surface area (Å²) in [5, 5.41) is 5.46. The van der Waals surface area contributed by atoms with Crippen molar-refractivity contribution in [2.24, 2.45) is 7.05 Å². The third kappa shape index (κ3) is 4.33. The summed E-state index contributed by atoms with van der Waals surface area (Å²) in [6.45, 7) is 1.68. The van der Waals surface area contributed by atoms with E-state index in [2.05, 4.69) is 21.3 Å². The van der Waals surface area contributed by atoms with Crippen LogP contribution >= 0.6 is 0 Å². The quantitative estimate of drug-likeness (QED) is 0.466. The molecular formula is C24H23FN4O. The van der Waals surface area contributed by atoms with Crippen LogP contribution in [0.4, 0.5) is 20.6 Å². The maximum absolute atomic E-state index is 13.7. The van der Waals surface area contributed by atoms with E-state index in [-0.39, 0.29) is 5.82 Å². The van der Waals surface area contributed by atoms with Gasteiger partial charge in [-0.2, -0.15) is 0 Å². The smallest absolute Gasteiger partial charge is 0.323 e. The Hall–Kier alpha value is -3.67. The van der Waals surface area contributed by atoms with E-state index in [0.29, 0.717) is 16.9 Å². The molecule has 0 spiro atoms. The molecule has 0 aliphatic carbocycles. The second-order valence-corrected chi connectivity index (χ2v) is 7.32. The fraction of sp³-hybridized carbons (Fsp3) is 0.167. The molecule has 0 fully saturated rings. The number of imidazole rings is 1. The minimum Gasteiger partial charge on any atom is -0.331 e. The minimum absolute atomic E-state index is 0.350. The Bertz CT molecular complexity index is 1220. The Balaban J connectivity index is 1.40. The van der Waals surface area contributed by atoms with Crippen LogP contribution < -0.4 is 10.6 Å². The monoisotopic (exact) mass is 402 g/mol. The lowest BCUT2D eigenvalue weighted by atomic mass is 10.1. The number of nitrogens with one attached hydrogen (secondary N) is 2. The zero-order chi connectivity index (χ0) is 21.1. The molecule has 4 rings (SSSR count). The van der Waals surface area contributed by atoms with Crippen LogP contribution in [0.1, 0.15) is 17.0 Å². The highest BCUT2D eigenvalue weighted by Crippen LogP contribution is 2.18. The first kappa shape index (κ1) is 19.6. The number of nitrogens with zero attached hydrogens (tertiary/aromatic N) is 2. The molecular weight excluding hydrogens is 379 g/mol. The van der Waals surface area contributed by atoms with Gasteiger partial charge in [0.05, 0.1) is 11.0 Å². The molecule has 0 saturated heterocycles. The van der Waals surface area contributed by atoms with Gasteiger partial charge in [0.25, 0.3) is 0 Å². The summed E-state index contributed by atoms with van der Waals surface area (Å²) in [5.74, 6) is 0.672. The first-order valence-electron chi connectivity index (χ1n) is 9.83. The molecule has 0 bridgehead atoms. The lowest BCUT2D eigenvalue weighted by molar-refractivity contribution is 0.262. The lowest BCUT2D eigenvalue weighted by Crippen LogP contribution is -2.19. The van der Waals surface area contributed by atoms with E-state index in [9.17, 15) is 9.18 Å². The molecule has 2 N–H and O–H groups in total. The molecule has 1 heterocycles. The summed E-state index contributed by atoms with van der Waals surface area (Å²) < 4.78 is 15.8. The van der Waals surface area contributed by atoms with Crippen molar-refractivity contribution in [2.75, 3.05) is 10.6 Å². The number of urea groups is 1. The van der Waals surface area contributed by atoms with Crippen molar-refractivity contribution < 1.29 is 9.18 Å². The topological polar surface area (TPSA) is 59.0 Å². The largest absolute Gasteiger partial charge is 0.331 e. The molecule has 5 nitrogen and oxygen atoms in total. The first-order chi connectivity index (χ1) is 14.5. The number of carbonyl (C=O) groups excluding carboxylic acids is 1. The number of rotatable bonds is 5. The van der Waals surface area contributed by atoms with Crippen molar-refractivity contribution in [3.05, 3.63) is 89.5 Å². The molecule has 3 aromatic carbocycles. The van der Waals surface area contributed by atoms with Gasteiger partial charge in [0.1, 0.15) is 11.6 Å². The number of hydrogen-bond acceptors (Lipinski definition) is 2. The number of carbonyl (C=O) groups is 1. The van der Waals surface area contributed by atoms with Gasteiger partial charge in [0.15, 0.2) is 0 Å². The Morgan fingerprint density at radius 2 is 1.73 bits per heavy atom. The molecule has 0 radical (unpaired) electrons. The van der Waals surface area contributed by atoms with Gasteiger partial charge in [-0.3, -0.25) is 0 Å². The number of halogens is 1. The third-order valence-electron chi connectivity index (χ3n) is 5.13. The molecule has 6 heteroatoms. The van der Waals surface area contributed by atoms with Gasteiger partial charge in [-0.15, -0.1) is 0 Å². The van der Waals surface area contributed by atoms with Gasteiger partial charge >= 0.3 is 6.03 Å². The summed E-state index contributed by atoms with van der Waals surface area (Å²) >= 11 is 0. The van der Waals surface area contributed by atoms with Gasteiger partial charge < -0.3 is 15.2 Å². The Labute approximate surface area is 174 Å². The number of anilines is 2. The number of fused-ring (bicyclic) bond motifs is 1. The lowest BCUT2D eigenvalue weighted by Gasteiger charge is -2.10. The molecule has 2 amide bonds. The van der Waals surface area contributed by atoms with Crippen LogP contribution in [-0.4, -0.2) is 15.6 Å². The predicted molar refractivity (Wildman–Crippen MR) is 118 cm³/mol. The summed E-state index contributed by atoms with van der Waals surface area (Å²) in [6.07, 6.45) is 1.60. The number of aromatic nitrogens is 2. The minimum atomic E-state index is -0.411. The summed E-state index contributed by atoms with van der Waals surface area (Å²) in [5.41, 5.74) is 4.84. The molecule has 0 atom stereocenters. The van der Waals surface area contributed by atoms with Crippen LogP contribution in [0.3, 0.4) is 0 Å². The van der Waals surface area contributed by atoms with Gasteiger partial charge in [-0.1, -0.05) is 30.3 Å². The van der Waals surface area contributed by atoms with Crippen LogP contribution in [0.5, 0.6) is 0 Å². The number of para-hydroxylation sites is 2. The summed E-state index contributed by atoms with van der Waals surface area (Å²) in [6, 6.07) is 20.0. The van der Waals surface area contributed by atoms with Crippen molar-refractivity contribution in [1.82, 2.24) is 9.55 Å². The third-order valence-corrected chi connectivity index (χ3v) is 5.13. The van der Waals surface area contributed by atoms with Crippen LogP contribution in [0.25, 0.3) is 11.0 Å². The normalized spacial score (nSPS) is 10.9. The second-order valence-electron chi connectivity index (χ2n) is 7.32. The Morgan fingerprint density at radius 1 is 0.967 bits per heavy atom. The first-order valence-corrected chi connectivity index (χ1v) is 9.83. The number of aryl methyl sites for hydroxylation is 4. The van der Waals surface area contributed by atoms with E-state index in [4.69, 9.17) is 4.98 Å². The van der Waals surface area contributed by atoms with E-state index in [1.165, 1.54) is 6.07 Å². The number of benzene rings is 3. The standard InChI is InChI=1S/C24H23FN4O/c1-16-10-12-19(15-20(16)25)27-24(30)26-18-7-5-6-17(14-18)11-13-23-28-21-8-3-4-9-22(21)29(23)2/h3-10,12,14-15H,11,13H2,1-2H3,(H2,26,27,30). The molecule has 1 aromatic heterocycles. The molecule has 4 aromatic rings. The maximum atomic E-state index is 13.7. The van der Waals surface area contributed by atoms with E-state index in [1.807, 2.05) is 49.5 Å². The molecule has 0 aliphatic rings. The average molecular weight is 402 g/mol. The fourth-order valence-electron chi connectivity index (χ4n) is 3.44. The predicted octanol–water partition coefficient (Wildman–Crippen LogP) is 5.45. The highest BCUT2D eigenvalue weighted by molar-refractivity contribution is 5.99. The van der Waals surface area contributed by atoms with Crippen molar-refractivity contribution in [2.45, 2.75) is 19.8 Å². The molecule has 30 heavy (non-hydrogen) atoms. The zero-order valence-electron chi connectivity index (χ0n) is 16.9. The summed E-state index contributed by atoms with van der Waals surface area (Å²) in [4.78, 5) is 17.0. The van der Waals surface area contributed by atoms with Crippen LogP contribution in [0.2, 0.25) is 0 Å². The fourth-order valence-corrected chi connectivity index (χ4v) is 3.44. The van der Waals surface area contributed by atoms with E-state index in [0.717, 1.165) is 35.3 Å². The zero-order valence-corrected chi connectivity index (χ0v) is 16.9. The van der Waals surface area contributed by atoms with E-state index >= 15 is 0 Å². The van der Waals surface area contributed by atoms with E-state index < -0.39 is 6.03 Å². The van der Waals surface area contributed by atoms with Crippen molar-refractivity contribution in [1.29, 1.82) is 0 Å². The van der Waals surface area contributed by atoms with Gasteiger partial charge in [-0.05, 0) is 60.9 Å². The highest BCUT2D eigenvalue weighted by atomic mass is 19.1. The van der Waals surface area contributed by atoms with Gasteiger partial charge in [0.2, 0.25) is 0 Å². The van der Waals surface area contributed by atoms with Gasteiger partial charge in [-0.25, -0.2) is 14.2 Å². The molecule has 0 saturated carbocycles. The van der Waals surface area contributed by atoms with Crippen molar-refractivity contribution in [3.63, 3.8) is 0 Å². The highest BCUT2D eigenvalue weighted by Gasteiger charge is 2.09. The molecule has 152 valence electrons. The van der Waals surface area contributed by atoms with Crippen molar-refractivity contribution >= 4 is 28.4 Å². The van der Waals surface area contributed by atoms with Crippen LogP contribution in [0, 0.1) is 12.7 Å². The SMILES string of the molecule is Cc1ccc(NC(=O)Nc2cccc(CCc3nc4ccccc4n3C)c2)cc1F. The van der Waals surface area contributed by atoms with Gasteiger partial charge in [0, 0.05) is 24.8 Å². The number of hydrogen-bond donors (Lipinski definition) is 2. The Kier molecular flexibility index (Phi) is 5.48. The average Bonchev–Trinajstić information content (AvgIpc) is 3.05. The van der Waals surface area contributed by atoms with Crippen LogP contribution in [-0.2, 0) is 19.9 Å². The molecule has 0 aliphatic heterocycles. The molecule has 0 unspecified atom stereocenters. The van der Waals surface area contributed by atoms with Crippen molar-refractivity contribution in [3.8, 4) is 0 Å². The number of amides is 2.